The Labute approximate surface area is 115 Å². The van der Waals surface area contributed by atoms with Gasteiger partial charge in [0.15, 0.2) is 4.77 Å². The first-order chi connectivity index (χ1) is 9.15. The number of carbonyl (C=O) groups excluding carboxylic acids is 1. The molecule has 2 aromatic rings. The smallest absolute Gasteiger partial charge is 0.221 e. The fourth-order valence-corrected chi connectivity index (χ4v) is 2.34. The first-order valence-corrected chi connectivity index (χ1v) is 6.61. The van der Waals surface area contributed by atoms with E-state index in [9.17, 15) is 4.79 Å². The second kappa shape index (κ2) is 4.62. The Hall–Kier alpha value is -1.95. The third-order valence-electron chi connectivity index (χ3n) is 3.07. The monoisotopic (exact) mass is 274 g/mol. The maximum absolute atomic E-state index is 11.1. The second-order valence-electron chi connectivity index (χ2n) is 4.73. The number of rotatable bonds is 3. The molecular formula is C13H14N4OS. The van der Waals surface area contributed by atoms with Crippen molar-refractivity contribution in [2.75, 3.05) is 5.32 Å². The van der Waals surface area contributed by atoms with Gasteiger partial charge in [0.25, 0.3) is 0 Å². The number of anilines is 1. The fraction of sp³-hybridized carbons (Fsp3) is 0.308. The molecule has 5 nitrogen and oxygen atoms in total. The second-order valence-corrected chi connectivity index (χ2v) is 5.11. The van der Waals surface area contributed by atoms with Crippen molar-refractivity contribution in [2.45, 2.75) is 25.7 Å². The van der Waals surface area contributed by atoms with Crippen molar-refractivity contribution >= 4 is 23.8 Å². The summed E-state index contributed by atoms with van der Waals surface area (Å²) in [6.07, 6.45) is 2.32. The van der Waals surface area contributed by atoms with Gasteiger partial charge in [-0.3, -0.25) is 14.5 Å². The number of amides is 1. The molecule has 6 heteroatoms. The summed E-state index contributed by atoms with van der Waals surface area (Å²) in [6, 6.07) is 7.61. The van der Waals surface area contributed by atoms with Crippen LogP contribution < -0.4 is 5.32 Å². The molecule has 1 fully saturated rings. The molecule has 19 heavy (non-hydrogen) atoms. The zero-order valence-electron chi connectivity index (χ0n) is 10.5. The molecule has 98 valence electrons. The third kappa shape index (κ3) is 2.44. The van der Waals surface area contributed by atoms with Gasteiger partial charge in [-0.15, -0.1) is 0 Å². The molecule has 0 radical (unpaired) electrons. The van der Waals surface area contributed by atoms with Crippen LogP contribution in [-0.2, 0) is 4.79 Å². The maximum Gasteiger partial charge on any atom is 0.221 e. The van der Waals surface area contributed by atoms with E-state index in [-0.39, 0.29) is 5.91 Å². The van der Waals surface area contributed by atoms with Crippen LogP contribution in [0.4, 0.5) is 5.69 Å². The van der Waals surface area contributed by atoms with Crippen LogP contribution in [0.5, 0.6) is 0 Å². The molecule has 1 aromatic carbocycles. The van der Waals surface area contributed by atoms with E-state index in [1.165, 1.54) is 6.92 Å². The predicted molar refractivity (Wildman–Crippen MR) is 75.0 cm³/mol. The molecule has 0 spiro atoms. The molecule has 0 saturated heterocycles. The summed E-state index contributed by atoms with van der Waals surface area (Å²) in [5, 5.41) is 9.92. The molecule has 0 bridgehead atoms. The van der Waals surface area contributed by atoms with E-state index in [0.29, 0.717) is 10.7 Å². The lowest BCUT2D eigenvalue weighted by Crippen LogP contribution is -2.07. The minimum Gasteiger partial charge on any atom is -0.326 e. The molecule has 0 aliphatic heterocycles. The largest absolute Gasteiger partial charge is 0.326 e. The molecule has 1 aliphatic rings. The van der Waals surface area contributed by atoms with E-state index in [1.54, 1.807) is 0 Å². The van der Waals surface area contributed by atoms with E-state index in [2.05, 4.69) is 15.5 Å². The summed E-state index contributed by atoms with van der Waals surface area (Å²) in [5.74, 6) is 1.39. The van der Waals surface area contributed by atoms with Crippen molar-refractivity contribution in [1.29, 1.82) is 0 Å². The van der Waals surface area contributed by atoms with E-state index >= 15 is 0 Å². The van der Waals surface area contributed by atoms with Gasteiger partial charge in [-0.1, -0.05) is 6.07 Å². The van der Waals surface area contributed by atoms with Crippen LogP contribution in [0, 0.1) is 4.77 Å². The summed E-state index contributed by atoms with van der Waals surface area (Å²) < 4.78 is 2.53. The Kier molecular flexibility index (Phi) is 2.94. The van der Waals surface area contributed by atoms with Gasteiger partial charge < -0.3 is 5.32 Å². The highest BCUT2D eigenvalue weighted by Gasteiger charge is 2.29. The van der Waals surface area contributed by atoms with Crippen LogP contribution in [0.25, 0.3) is 5.69 Å². The molecule has 2 N–H and O–H groups in total. The SMILES string of the molecule is CC(=O)Nc1cccc(-n2c(C3CC3)n[nH]c2=S)c1. The average molecular weight is 274 g/mol. The van der Waals surface area contributed by atoms with Crippen LogP contribution in [0.2, 0.25) is 0 Å². The lowest BCUT2D eigenvalue weighted by Gasteiger charge is -2.08. The van der Waals surface area contributed by atoms with Crippen molar-refractivity contribution in [3.8, 4) is 5.69 Å². The number of aromatic amines is 1. The molecule has 1 amide bonds. The van der Waals surface area contributed by atoms with E-state index in [1.807, 2.05) is 28.8 Å². The lowest BCUT2D eigenvalue weighted by molar-refractivity contribution is -0.114. The van der Waals surface area contributed by atoms with Gasteiger partial charge in [0.1, 0.15) is 5.82 Å². The number of nitrogens with zero attached hydrogens (tertiary/aromatic N) is 2. The first kappa shape index (κ1) is 12.1. The molecule has 0 atom stereocenters. The third-order valence-corrected chi connectivity index (χ3v) is 3.34. The van der Waals surface area contributed by atoms with Gasteiger partial charge in [0, 0.05) is 18.5 Å². The molecule has 1 aliphatic carbocycles. The number of carbonyl (C=O) groups is 1. The van der Waals surface area contributed by atoms with Crippen molar-refractivity contribution in [3.63, 3.8) is 0 Å². The zero-order chi connectivity index (χ0) is 13.4. The highest BCUT2D eigenvalue weighted by Crippen LogP contribution is 2.39. The molecular weight excluding hydrogens is 260 g/mol. The normalized spacial score (nSPS) is 14.4. The van der Waals surface area contributed by atoms with Crippen molar-refractivity contribution in [3.05, 3.63) is 34.9 Å². The summed E-state index contributed by atoms with van der Waals surface area (Å²) in [6.45, 7) is 1.49. The Morgan fingerprint density at radius 3 is 3.00 bits per heavy atom. The molecule has 1 heterocycles. The van der Waals surface area contributed by atoms with Crippen LogP contribution in [-0.4, -0.2) is 20.7 Å². The summed E-state index contributed by atoms with van der Waals surface area (Å²) in [4.78, 5) is 11.1. The Bertz CT molecular complexity index is 684. The van der Waals surface area contributed by atoms with Crippen molar-refractivity contribution < 1.29 is 4.79 Å². The average Bonchev–Trinajstić information content (AvgIpc) is 3.12. The highest BCUT2D eigenvalue weighted by molar-refractivity contribution is 7.71. The fourth-order valence-electron chi connectivity index (χ4n) is 2.10. The van der Waals surface area contributed by atoms with Gasteiger partial charge in [-0.05, 0) is 43.3 Å². The van der Waals surface area contributed by atoms with Gasteiger partial charge in [-0.25, -0.2) is 0 Å². The Morgan fingerprint density at radius 1 is 1.53 bits per heavy atom. The molecule has 1 saturated carbocycles. The number of nitrogens with one attached hydrogen (secondary N) is 2. The Morgan fingerprint density at radius 2 is 2.32 bits per heavy atom. The number of hydrogen-bond donors (Lipinski definition) is 2. The number of H-pyrrole nitrogens is 1. The van der Waals surface area contributed by atoms with Crippen LogP contribution in [0.1, 0.15) is 31.5 Å². The van der Waals surface area contributed by atoms with Gasteiger partial charge in [0.05, 0.1) is 5.69 Å². The lowest BCUT2D eigenvalue weighted by atomic mass is 10.2. The number of aromatic nitrogens is 3. The number of benzene rings is 1. The van der Waals surface area contributed by atoms with Gasteiger partial charge >= 0.3 is 0 Å². The van der Waals surface area contributed by atoms with E-state index < -0.39 is 0 Å². The van der Waals surface area contributed by atoms with Crippen molar-refractivity contribution in [2.24, 2.45) is 0 Å². The predicted octanol–water partition coefficient (Wildman–Crippen LogP) is 2.77. The molecule has 1 aromatic heterocycles. The van der Waals surface area contributed by atoms with Crippen LogP contribution >= 0.6 is 12.2 Å². The Balaban J connectivity index is 2.04. The van der Waals surface area contributed by atoms with Crippen molar-refractivity contribution in [1.82, 2.24) is 14.8 Å². The molecule has 3 rings (SSSR count). The molecule has 0 unspecified atom stereocenters. The first-order valence-electron chi connectivity index (χ1n) is 6.20. The van der Waals surface area contributed by atoms with Gasteiger partial charge in [-0.2, -0.15) is 5.10 Å². The van der Waals surface area contributed by atoms with E-state index in [0.717, 1.165) is 30.0 Å². The minimum atomic E-state index is -0.0876. The minimum absolute atomic E-state index is 0.0876. The number of hydrogen-bond acceptors (Lipinski definition) is 3. The van der Waals surface area contributed by atoms with Gasteiger partial charge in [0.2, 0.25) is 5.91 Å². The maximum atomic E-state index is 11.1. The quantitative estimate of drug-likeness (QED) is 0.846. The zero-order valence-corrected chi connectivity index (χ0v) is 11.3. The highest BCUT2D eigenvalue weighted by atomic mass is 32.1. The summed E-state index contributed by atoms with van der Waals surface area (Å²) in [5.41, 5.74) is 1.68. The summed E-state index contributed by atoms with van der Waals surface area (Å²) in [7, 11) is 0. The van der Waals surface area contributed by atoms with E-state index in [4.69, 9.17) is 12.2 Å². The van der Waals surface area contributed by atoms with Crippen LogP contribution in [0.3, 0.4) is 0 Å². The van der Waals surface area contributed by atoms with Crippen LogP contribution in [0.15, 0.2) is 24.3 Å². The topological polar surface area (TPSA) is 62.7 Å². The summed E-state index contributed by atoms with van der Waals surface area (Å²) >= 11 is 5.29. The standard InChI is InChI=1S/C13H14N4OS/c1-8(18)14-10-3-2-4-11(7-10)17-12(9-5-6-9)15-16-13(17)19/h2-4,7,9H,5-6H2,1H3,(H,14,18)(H,16,19).